The Morgan fingerprint density at radius 3 is 2.50 bits per heavy atom. The van der Waals surface area contributed by atoms with Gasteiger partial charge in [0.15, 0.2) is 0 Å². The van der Waals surface area contributed by atoms with Gasteiger partial charge in [-0.1, -0.05) is 12.1 Å². The first-order valence-electron chi connectivity index (χ1n) is 4.78. The summed E-state index contributed by atoms with van der Waals surface area (Å²) in [7, 11) is 0. The molecule has 5 heteroatoms. The molecular formula is C11H12O5. The summed E-state index contributed by atoms with van der Waals surface area (Å²) < 4.78 is 5.20. The first-order valence-corrected chi connectivity index (χ1v) is 4.78. The number of hydrogen-bond donors (Lipinski definition) is 2. The molecule has 0 saturated carbocycles. The lowest BCUT2D eigenvalue weighted by Gasteiger charge is -2.07. The van der Waals surface area contributed by atoms with Crippen LogP contribution in [0.2, 0.25) is 0 Å². The van der Waals surface area contributed by atoms with Gasteiger partial charge in [0.2, 0.25) is 0 Å². The van der Waals surface area contributed by atoms with Gasteiger partial charge in [0.1, 0.15) is 11.3 Å². The van der Waals surface area contributed by atoms with E-state index in [1.54, 1.807) is 18.2 Å². The molecule has 0 unspecified atom stereocenters. The van der Waals surface area contributed by atoms with Crippen LogP contribution in [-0.2, 0) is 4.79 Å². The Morgan fingerprint density at radius 2 is 1.88 bits per heavy atom. The second kappa shape index (κ2) is 5.75. The highest BCUT2D eigenvalue weighted by Gasteiger charge is 2.09. The number of ether oxygens (including phenoxy) is 1. The summed E-state index contributed by atoms with van der Waals surface area (Å²) in [5.41, 5.74) is 0.0813. The van der Waals surface area contributed by atoms with Crippen LogP contribution < -0.4 is 4.74 Å². The van der Waals surface area contributed by atoms with E-state index in [1.807, 2.05) is 0 Å². The predicted molar refractivity (Wildman–Crippen MR) is 55.8 cm³/mol. The predicted octanol–water partition coefficient (Wildman–Crippen LogP) is 1.63. The lowest BCUT2D eigenvalue weighted by Crippen LogP contribution is -2.06. The van der Waals surface area contributed by atoms with Gasteiger partial charge < -0.3 is 14.9 Å². The summed E-state index contributed by atoms with van der Waals surface area (Å²) >= 11 is 0. The van der Waals surface area contributed by atoms with Crippen molar-refractivity contribution in [1.82, 2.24) is 0 Å². The monoisotopic (exact) mass is 224 g/mol. The van der Waals surface area contributed by atoms with Crippen molar-refractivity contribution < 1.29 is 24.5 Å². The molecule has 0 radical (unpaired) electrons. The molecule has 86 valence electrons. The quantitative estimate of drug-likeness (QED) is 0.717. The number of rotatable bonds is 6. The average Bonchev–Trinajstić information content (AvgIpc) is 2.24. The number of benzene rings is 1. The molecule has 0 atom stereocenters. The van der Waals surface area contributed by atoms with Crippen LogP contribution in [0.3, 0.4) is 0 Å². The molecule has 5 nitrogen and oxygen atoms in total. The summed E-state index contributed by atoms with van der Waals surface area (Å²) in [6, 6.07) is 6.26. The lowest BCUT2D eigenvalue weighted by atomic mass is 10.2. The van der Waals surface area contributed by atoms with Crippen LogP contribution in [0.1, 0.15) is 23.2 Å². The van der Waals surface area contributed by atoms with Gasteiger partial charge in [0.25, 0.3) is 0 Å². The van der Waals surface area contributed by atoms with Crippen molar-refractivity contribution >= 4 is 11.9 Å². The third-order valence-corrected chi connectivity index (χ3v) is 1.91. The zero-order chi connectivity index (χ0) is 12.0. The largest absolute Gasteiger partial charge is 0.493 e. The van der Waals surface area contributed by atoms with E-state index in [1.165, 1.54) is 6.07 Å². The zero-order valence-electron chi connectivity index (χ0n) is 8.55. The first-order chi connectivity index (χ1) is 7.61. The molecule has 0 amide bonds. The molecule has 0 heterocycles. The van der Waals surface area contributed by atoms with Crippen molar-refractivity contribution in [1.29, 1.82) is 0 Å². The molecule has 0 aromatic heterocycles. The van der Waals surface area contributed by atoms with E-state index in [-0.39, 0.29) is 24.3 Å². The van der Waals surface area contributed by atoms with Crippen LogP contribution in [0.4, 0.5) is 0 Å². The van der Waals surface area contributed by atoms with Crippen molar-refractivity contribution in [2.75, 3.05) is 6.61 Å². The zero-order valence-corrected chi connectivity index (χ0v) is 8.55. The molecule has 0 spiro atoms. The van der Waals surface area contributed by atoms with Gasteiger partial charge in [-0.05, 0) is 18.6 Å². The molecule has 0 aliphatic heterocycles. The minimum absolute atomic E-state index is 0.00917. The fraction of sp³-hybridized carbons (Fsp3) is 0.273. The van der Waals surface area contributed by atoms with Crippen LogP contribution in [0.5, 0.6) is 5.75 Å². The van der Waals surface area contributed by atoms with Crippen molar-refractivity contribution in [2.45, 2.75) is 12.8 Å². The fourth-order valence-electron chi connectivity index (χ4n) is 1.17. The number of carboxylic acids is 2. The van der Waals surface area contributed by atoms with E-state index in [4.69, 9.17) is 14.9 Å². The van der Waals surface area contributed by atoms with Crippen LogP contribution >= 0.6 is 0 Å². The van der Waals surface area contributed by atoms with Crippen molar-refractivity contribution in [3.05, 3.63) is 29.8 Å². The Bertz CT molecular complexity index is 386. The minimum Gasteiger partial charge on any atom is -0.493 e. The molecule has 1 aromatic carbocycles. The maximum absolute atomic E-state index is 10.8. The van der Waals surface area contributed by atoms with E-state index in [0.717, 1.165) is 0 Å². The highest BCUT2D eigenvalue weighted by molar-refractivity contribution is 5.90. The summed E-state index contributed by atoms with van der Waals surface area (Å²) in [5.74, 6) is -1.69. The summed E-state index contributed by atoms with van der Waals surface area (Å²) in [6.45, 7) is 0.191. The van der Waals surface area contributed by atoms with Gasteiger partial charge in [-0.25, -0.2) is 4.79 Å². The smallest absolute Gasteiger partial charge is 0.339 e. The maximum atomic E-state index is 10.8. The van der Waals surface area contributed by atoms with Gasteiger partial charge >= 0.3 is 11.9 Å². The Kier molecular flexibility index (Phi) is 4.32. The Labute approximate surface area is 92.3 Å². The number of para-hydroxylation sites is 1. The Balaban J connectivity index is 2.53. The average molecular weight is 224 g/mol. The SMILES string of the molecule is O=C(O)CCCOc1ccccc1C(=O)O. The highest BCUT2D eigenvalue weighted by Crippen LogP contribution is 2.17. The second-order valence-corrected chi connectivity index (χ2v) is 3.15. The van der Waals surface area contributed by atoms with E-state index >= 15 is 0 Å². The molecule has 2 N–H and O–H groups in total. The van der Waals surface area contributed by atoms with Crippen LogP contribution in [0.25, 0.3) is 0 Å². The third kappa shape index (κ3) is 3.61. The summed E-state index contributed by atoms with van der Waals surface area (Å²) in [5, 5.41) is 17.2. The number of aliphatic carboxylic acids is 1. The molecule has 1 aromatic rings. The van der Waals surface area contributed by atoms with Gasteiger partial charge in [-0.3, -0.25) is 4.79 Å². The van der Waals surface area contributed by atoms with Crippen LogP contribution in [0.15, 0.2) is 24.3 Å². The fourth-order valence-corrected chi connectivity index (χ4v) is 1.17. The van der Waals surface area contributed by atoms with Gasteiger partial charge in [-0.2, -0.15) is 0 Å². The number of carboxylic acid groups (broad SMARTS) is 2. The number of carbonyl (C=O) groups is 2. The first kappa shape index (κ1) is 12.0. The molecule has 0 saturated heterocycles. The van der Waals surface area contributed by atoms with Crippen LogP contribution in [0, 0.1) is 0 Å². The van der Waals surface area contributed by atoms with Crippen molar-refractivity contribution in [2.24, 2.45) is 0 Å². The Morgan fingerprint density at radius 1 is 1.19 bits per heavy atom. The highest BCUT2D eigenvalue weighted by atomic mass is 16.5. The maximum Gasteiger partial charge on any atom is 0.339 e. The number of aromatic carboxylic acids is 1. The molecule has 1 rings (SSSR count). The van der Waals surface area contributed by atoms with Crippen molar-refractivity contribution in [3.63, 3.8) is 0 Å². The molecule has 16 heavy (non-hydrogen) atoms. The van der Waals surface area contributed by atoms with E-state index in [2.05, 4.69) is 0 Å². The summed E-state index contributed by atoms with van der Waals surface area (Å²) in [6.07, 6.45) is 0.360. The minimum atomic E-state index is -1.06. The second-order valence-electron chi connectivity index (χ2n) is 3.15. The van der Waals surface area contributed by atoms with Gasteiger partial charge in [-0.15, -0.1) is 0 Å². The molecule has 0 aliphatic carbocycles. The molecule has 0 bridgehead atoms. The van der Waals surface area contributed by atoms with E-state index in [0.29, 0.717) is 6.42 Å². The van der Waals surface area contributed by atoms with Gasteiger partial charge in [0, 0.05) is 6.42 Å². The van der Waals surface area contributed by atoms with Crippen molar-refractivity contribution in [3.8, 4) is 5.75 Å². The standard InChI is InChI=1S/C11H12O5/c12-10(13)6-3-7-16-9-5-2-1-4-8(9)11(14)15/h1-2,4-5H,3,6-7H2,(H,12,13)(H,14,15). The molecular weight excluding hydrogens is 212 g/mol. The van der Waals surface area contributed by atoms with Crippen LogP contribution in [-0.4, -0.2) is 28.8 Å². The van der Waals surface area contributed by atoms with E-state index in [9.17, 15) is 9.59 Å². The topological polar surface area (TPSA) is 83.8 Å². The molecule has 0 aliphatic rings. The molecule has 0 fully saturated rings. The van der Waals surface area contributed by atoms with Gasteiger partial charge in [0.05, 0.1) is 6.61 Å². The summed E-state index contributed by atoms with van der Waals surface area (Å²) in [4.78, 5) is 21.0. The number of hydrogen-bond acceptors (Lipinski definition) is 3. The Hall–Kier alpha value is -2.04. The van der Waals surface area contributed by atoms with E-state index < -0.39 is 11.9 Å². The third-order valence-electron chi connectivity index (χ3n) is 1.91. The normalized spacial score (nSPS) is 9.75. The lowest BCUT2D eigenvalue weighted by molar-refractivity contribution is -0.137.